The lowest BCUT2D eigenvalue weighted by Gasteiger charge is -2.07. The highest BCUT2D eigenvalue weighted by atomic mass is 16.7. The molecule has 0 radical (unpaired) electrons. The Kier molecular flexibility index (Phi) is 4.25. The van der Waals surface area contributed by atoms with Gasteiger partial charge >= 0.3 is 5.97 Å². The normalized spacial score (nSPS) is 12.2. The molecular weight excluding hydrogens is 284 g/mol. The highest BCUT2D eigenvalue weighted by molar-refractivity contribution is 5.89. The van der Waals surface area contributed by atoms with Crippen molar-refractivity contribution in [3.63, 3.8) is 0 Å². The summed E-state index contributed by atoms with van der Waals surface area (Å²) in [7, 11) is 1.62. The number of hydrogen-bond donors (Lipinski definition) is 0. The molecule has 114 valence electrons. The lowest BCUT2D eigenvalue weighted by molar-refractivity contribution is 0.0472. The molecule has 1 aliphatic rings. The Morgan fingerprint density at radius 3 is 2.73 bits per heavy atom. The number of fused-ring (bicyclic) bond motifs is 1. The highest BCUT2D eigenvalue weighted by Crippen LogP contribution is 2.32. The molecule has 0 N–H and O–H groups in total. The van der Waals surface area contributed by atoms with Crippen LogP contribution in [0.4, 0.5) is 0 Å². The summed E-state index contributed by atoms with van der Waals surface area (Å²) < 4.78 is 20.9. The van der Waals surface area contributed by atoms with Gasteiger partial charge in [-0.05, 0) is 35.4 Å². The summed E-state index contributed by atoms with van der Waals surface area (Å²) in [6.45, 7) is 0.873. The summed E-state index contributed by atoms with van der Waals surface area (Å²) in [4.78, 5) is 12.1. The summed E-state index contributed by atoms with van der Waals surface area (Å²) in [5, 5.41) is 0. The summed E-state index contributed by atoms with van der Waals surface area (Å²) in [5.41, 5.74) is 2.29. The summed E-state index contributed by atoms with van der Waals surface area (Å²) >= 11 is 0. The summed E-state index contributed by atoms with van der Waals surface area (Å²) in [6.07, 6.45) is 0. The van der Waals surface area contributed by atoms with Gasteiger partial charge in [-0.25, -0.2) is 4.79 Å². The molecule has 5 nitrogen and oxygen atoms in total. The SMILES string of the molecule is COCc1cccc(C(=O)OCc2ccc3c(c2)OCO3)c1. The van der Waals surface area contributed by atoms with Crippen molar-refractivity contribution in [3.05, 3.63) is 59.2 Å². The molecule has 0 amide bonds. The van der Waals surface area contributed by atoms with Crippen molar-refractivity contribution in [2.75, 3.05) is 13.9 Å². The second kappa shape index (κ2) is 6.49. The van der Waals surface area contributed by atoms with Crippen LogP contribution in [0, 0.1) is 0 Å². The Morgan fingerprint density at radius 1 is 1.05 bits per heavy atom. The van der Waals surface area contributed by atoms with Crippen LogP contribution >= 0.6 is 0 Å². The van der Waals surface area contributed by atoms with Gasteiger partial charge in [0, 0.05) is 7.11 Å². The molecule has 0 fully saturated rings. The molecule has 3 rings (SSSR count). The molecule has 2 aromatic rings. The zero-order valence-electron chi connectivity index (χ0n) is 12.2. The van der Waals surface area contributed by atoms with E-state index in [9.17, 15) is 4.79 Å². The molecule has 22 heavy (non-hydrogen) atoms. The van der Waals surface area contributed by atoms with E-state index >= 15 is 0 Å². The molecule has 0 saturated carbocycles. The van der Waals surface area contributed by atoms with Crippen LogP contribution in [0.2, 0.25) is 0 Å². The van der Waals surface area contributed by atoms with Gasteiger partial charge in [0.1, 0.15) is 6.61 Å². The van der Waals surface area contributed by atoms with Crippen molar-refractivity contribution in [3.8, 4) is 11.5 Å². The number of carbonyl (C=O) groups excluding carboxylic acids is 1. The lowest BCUT2D eigenvalue weighted by atomic mass is 10.1. The van der Waals surface area contributed by atoms with Crippen LogP contribution in [0.25, 0.3) is 0 Å². The second-order valence-electron chi connectivity index (χ2n) is 4.90. The molecule has 0 saturated heterocycles. The maximum atomic E-state index is 12.1. The number of carbonyl (C=O) groups is 1. The third-order valence-corrected chi connectivity index (χ3v) is 3.28. The van der Waals surface area contributed by atoms with Gasteiger partial charge in [0.15, 0.2) is 11.5 Å². The number of hydrogen-bond acceptors (Lipinski definition) is 5. The van der Waals surface area contributed by atoms with Crippen molar-refractivity contribution in [2.45, 2.75) is 13.2 Å². The Morgan fingerprint density at radius 2 is 1.86 bits per heavy atom. The monoisotopic (exact) mass is 300 g/mol. The third-order valence-electron chi connectivity index (χ3n) is 3.28. The largest absolute Gasteiger partial charge is 0.457 e. The van der Waals surface area contributed by atoms with Crippen LogP contribution in [0.15, 0.2) is 42.5 Å². The van der Waals surface area contributed by atoms with Gasteiger partial charge in [-0.3, -0.25) is 0 Å². The topological polar surface area (TPSA) is 54.0 Å². The van der Waals surface area contributed by atoms with Gasteiger partial charge in [-0.2, -0.15) is 0 Å². The molecule has 0 aliphatic carbocycles. The van der Waals surface area contributed by atoms with Gasteiger partial charge in [0.25, 0.3) is 0 Å². The number of ether oxygens (including phenoxy) is 4. The van der Waals surface area contributed by atoms with E-state index in [-0.39, 0.29) is 19.4 Å². The van der Waals surface area contributed by atoms with E-state index in [1.54, 1.807) is 19.2 Å². The summed E-state index contributed by atoms with van der Waals surface area (Å²) in [6, 6.07) is 12.7. The van der Waals surface area contributed by atoms with Gasteiger partial charge in [-0.1, -0.05) is 18.2 Å². The van der Waals surface area contributed by atoms with Crippen LogP contribution in [-0.2, 0) is 22.7 Å². The average molecular weight is 300 g/mol. The van der Waals surface area contributed by atoms with Crippen molar-refractivity contribution in [1.82, 2.24) is 0 Å². The highest BCUT2D eigenvalue weighted by Gasteiger charge is 2.14. The fourth-order valence-electron chi connectivity index (χ4n) is 2.22. The smallest absolute Gasteiger partial charge is 0.338 e. The van der Waals surface area contributed by atoms with E-state index in [2.05, 4.69) is 0 Å². The first-order valence-corrected chi connectivity index (χ1v) is 6.90. The van der Waals surface area contributed by atoms with E-state index in [1.807, 2.05) is 30.3 Å². The quantitative estimate of drug-likeness (QED) is 0.795. The average Bonchev–Trinajstić information content (AvgIpc) is 3.01. The third kappa shape index (κ3) is 3.20. The fraction of sp³-hybridized carbons (Fsp3) is 0.235. The predicted molar refractivity (Wildman–Crippen MR) is 78.8 cm³/mol. The molecule has 1 aliphatic heterocycles. The first kappa shape index (κ1) is 14.4. The van der Waals surface area contributed by atoms with E-state index in [0.717, 1.165) is 11.1 Å². The van der Waals surface area contributed by atoms with Crippen LogP contribution in [0.1, 0.15) is 21.5 Å². The first-order chi connectivity index (χ1) is 10.8. The standard InChI is InChI=1S/C17H16O5/c1-19-9-12-3-2-4-14(7-12)17(18)20-10-13-5-6-15-16(8-13)22-11-21-15/h2-8H,9-11H2,1H3. The molecule has 2 aromatic carbocycles. The molecule has 0 unspecified atom stereocenters. The Labute approximate surface area is 128 Å². The van der Waals surface area contributed by atoms with E-state index in [1.165, 1.54) is 0 Å². The van der Waals surface area contributed by atoms with E-state index < -0.39 is 0 Å². The Balaban J connectivity index is 1.63. The van der Waals surface area contributed by atoms with Gasteiger partial charge < -0.3 is 18.9 Å². The van der Waals surface area contributed by atoms with Crippen LogP contribution in [0.3, 0.4) is 0 Å². The van der Waals surface area contributed by atoms with Crippen molar-refractivity contribution in [2.24, 2.45) is 0 Å². The maximum absolute atomic E-state index is 12.1. The maximum Gasteiger partial charge on any atom is 0.338 e. The zero-order valence-corrected chi connectivity index (χ0v) is 12.2. The number of rotatable bonds is 5. The fourth-order valence-corrected chi connectivity index (χ4v) is 2.22. The Bertz CT molecular complexity index is 680. The number of esters is 1. The molecule has 0 aromatic heterocycles. The zero-order chi connectivity index (χ0) is 15.4. The van der Waals surface area contributed by atoms with Gasteiger partial charge in [0.2, 0.25) is 6.79 Å². The van der Waals surface area contributed by atoms with Crippen LogP contribution in [0.5, 0.6) is 11.5 Å². The van der Waals surface area contributed by atoms with Gasteiger partial charge in [0.05, 0.1) is 12.2 Å². The molecule has 1 heterocycles. The summed E-state index contributed by atoms with van der Waals surface area (Å²) in [5.74, 6) is 1.02. The van der Waals surface area contributed by atoms with Gasteiger partial charge in [-0.15, -0.1) is 0 Å². The van der Waals surface area contributed by atoms with Crippen LogP contribution < -0.4 is 9.47 Å². The molecule has 0 atom stereocenters. The first-order valence-electron chi connectivity index (χ1n) is 6.90. The molecule has 0 bridgehead atoms. The molecule has 5 heteroatoms. The van der Waals surface area contributed by atoms with Crippen molar-refractivity contribution < 1.29 is 23.7 Å². The minimum atomic E-state index is -0.365. The minimum Gasteiger partial charge on any atom is -0.457 e. The number of benzene rings is 2. The van der Waals surface area contributed by atoms with Crippen LogP contribution in [-0.4, -0.2) is 19.9 Å². The number of methoxy groups -OCH3 is 1. The Hall–Kier alpha value is -2.53. The minimum absolute atomic E-state index is 0.185. The molecule has 0 spiro atoms. The second-order valence-corrected chi connectivity index (χ2v) is 4.90. The van der Waals surface area contributed by atoms with Crippen molar-refractivity contribution >= 4 is 5.97 Å². The predicted octanol–water partition coefficient (Wildman–Crippen LogP) is 2.92. The van der Waals surface area contributed by atoms with E-state index in [0.29, 0.717) is 23.7 Å². The van der Waals surface area contributed by atoms with E-state index in [4.69, 9.17) is 18.9 Å². The lowest BCUT2D eigenvalue weighted by Crippen LogP contribution is -2.06. The molecular formula is C17H16O5. The van der Waals surface area contributed by atoms with Crippen molar-refractivity contribution in [1.29, 1.82) is 0 Å².